The molecular weight excluding hydrogens is 1000 g/mol. The van der Waals surface area contributed by atoms with E-state index in [-0.39, 0.29) is 16.7 Å². The molecule has 80 heavy (non-hydrogen) atoms. The Hall–Kier alpha value is -10.9. The molecular formula is C68H40F3N9. The molecule has 0 atom stereocenters. The van der Waals surface area contributed by atoms with Gasteiger partial charge in [-0.25, -0.2) is 29.9 Å². The monoisotopic (exact) mass is 1040 g/mol. The highest BCUT2D eigenvalue weighted by molar-refractivity contribution is 6.13. The van der Waals surface area contributed by atoms with Gasteiger partial charge in [0.15, 0.2) is 34.9 Å². The van der Waals surface area contributed by atoms with Gasteiger partial charge in [-0.1, -0.05) is 200 Å². The number of aromatic nitrogens is 8. The van der Waals surface area contributed by atoms with E-state index in [1.165, 1.54) is 12.1 Å². The fraction of sp³-hybridized carbons (Fsp3) is 0.0147. The number of halogens is 3. The molecule has 0 fully saturated rings. The topological polar surface area (TPSA) is 111 Å². The van der Waals surface area contributed by atoms with E-state index in [9.17, 15) is 5.26 Å². The van der Waals surface area contributed by atoms with Crippen LogP contribution in [0.5, 0.6) is 0 Å². The Morgan fingerprint density at radius 2 is 0.650 bits per heavy atom. The lowest BCUT2D eigenvalue weighted by molar-refractivity contribution is -0.137. The zero-order valence-corrected chi connectivity index (χ0v) is 42.3. The number of hydrogen-bond acceptors (Lipinski definition) is 7. The predicted molar refractivity (Wildman–Crippen MR) is 310 cm³/mol. The molecule has 4 heterocycles. The maximum atomic E-state index is 15.2. The SMILES string of the molecule is N#Cc1cc(-n2c3ccccc3c3ccc(-c4nc(-c5ccccc5)nc(-c5ccccc5)n4)cc32)c(-n2c3ccccc3c3ccc(-c4nc(-c5ccccc5)nc(-c5ccccc5)n4)cc32)cc1-c1ccccc1C(F)(F)F. The van der Waals surface area contributed by atoms with Gasteiger partial charge in [0.25, 0.3) is 0 Å². The molecule has 378 valence electrons. The molecule has 0 aliphatic carbocycles. The lowest BCUT2D eigenvalue weighted by Crippen LogP contribution is -2.09. The maximum absolute atomic E-state index is 15.2. The van der Waals surface area contributed by atoms with Crippen LogP contribution in [0, 0.1) is 11.3 Å². The molecule has 0 bridgehead atoms. The van der Waals surface area contributed by atoms with E-state index in [0.29, 0.717) is 57.4 Å². The van der Waals surface area contributed by atoms with Crippen LogP contribution in [-0.4, -0.2) is 39.0 Å². The van der Waals surface area contributed by atoms with Gasteiger partial charge in [0.1, 0.15) is 0 Å². The molecule has 0 radical (unpaired) electrons. The molecule has 9 nitrogen and oxygen atoms in total. The predicted octanol–water partition coefficient (Wildman–Crippen LogP) is 16.8. The van der Waals surface area contributed by atoms with E-state index in [1.807, 2.05) is 206 Å². The van der Waals surface area contributed by atoms with E-state index in [0.717, 1.165) is 71.9 Å². The van der Waals surface area contributed by atoms with Gasteiger partial charge >= 0.3 is 6.18 Å². The summed E-state index contributed by atoms with van der Waals surface area (Å²) in [6.07, 6.45) is -4.73. The fourth-order valence-corrected chi connectivity index (χ4v) is 10.8. The molecule has 10 aromatic carbocycles. The van der Waals surface area contributed by atoms with Gasteiger partial charge in [0.2, 0.25) is 0 Å². The first-order valence-electron chi connectivity index (χ1n) is 25.8. The Kier molecular flexibility index (Phi) is 11.5. The highest BCUT2D eigenvalue weighted by Crippen LogP contribution is 2.45. The highest BCUT2D eigenvalue weighted by atomic mass is 19.4. The van der Waals surface area contributed by atoms with Gasteiger partial charge in [-0.3, -0.25) is 0 Å². The molecule has 12 heteroatoms. The van der Waals surface area contributed by atoms with Crippen LogP contribution in [0.2, 0.25) is 0 Å². The van der Waals surface area contributed by atoms with Crippen LogP contribution in [0.15, 0.2) is 243 Å². The Morgan fingerprint density at radius 1 is 0.312 bits per heavy atom. The number of nitrogens with zero attached hydrogens (tertiary/aromatic N) is 9. The molecule has 0 spiro atoms. The first-order valence-corrected chi connectivity index (χ1v) is 25.8. The van der Waals surface area contributed by atoms with Gasteiger partial charge in [-0.05, 0) is 48.0 Å². The van der Waals surface area contributed by atoms with Crippen molar-refractivity contribution in [3.05, 3.63) is 254 Å². The average molecular weight is 1040 g/mol. The molecule has 0 saturated carbocycles. The van der Waals surface area contributed by atoms with Gasteiger partial charge in [-0.2, -0.15) is 18.4 Å². The molecule has 14 rings (SSSR count). The summed E-state index contributed by atoms with van der Waals surface area (Å²) in [5.41, 5.74) is 7.92. The summed E-state index contributed by atoms with van der Waals surface area (Å²) >= 11 is 0. The lowest BCUT2D eigenvalue weighted by Gasteiger charge is -2.21. The fourth-order valence-electron chi connectivity index (χ4n) is 10.8. The third kappa shape index (κ3) is 8.29. The molecule has 14 aromatic rings. The third-order valence-electron chi connectivity index (χ3n) is 14.5. The number of rotatable bonds is 9. The Morgan fingerprint density at radius 3 is 1.05 bits per heavy atom. The van der Waals surface area contributed by atoms with Crippen LogP contribution in [-0.2, 0) is 6.18 Å². The molecule has 0 aliphatic heterocycles. The summed E-state index contributed by atoms with van der Waals surface area (Å²) in [6.45, 7) is 0. The Bertz CT molecular complexity index is 4650. The highest BCUT2D eigenvalue weighted by Gasteiger charge is 2.35. The van der Waals surface area contributed by atoms with E-state index in [2.05, 4.69) is 15.2 Å². The van der Waals surface area contributed by atoms with Crippen molar-refractivity contribution < 1.29 is 13.2 Å². The van der Waals surface area contributed by atoms with E-state index < -0.39 is 11.7 Å². The van der Waals surface area contributed by atoms with Crippen LogP contribution in [0.3, 0.4) is 0 Å². The zero-order valence-electron chi connectivity index (χ0n) is 42.3. The lowest BCUT2D eigenvalue weighted by atomic mass is 9.94. The minimum Gasteiger partial charge on any atom is -0.307 e. The van der Waals surface area contributed by atoms with Gasteiger partial charge in [0.05, 0.1) is 50.6 Å². The number of para-hydroxylation sites is 2. The Balaban J connectivity index is 1.07. The molecule has 4 aromatic heterocycles. The maximum Gasteiger partial charge on any atom is 0.417 e. The second-order valence-corrected chi connectivity index (χ2v) is 19.3. The van der Waals surface area contributed by atoms with Crippen molar-refractivity contribution in [2.75, 3.05) is 0 Å². The largest absolute Gasteiger partial charge is 0.417 e. The number of benzene rings is 10. The van der Waals surface area contributed by atoms with Gasteiger partial charge in [0, 0.05) is 60.5 Å². The van der Waals surface area contributed by atoms with Crippen LogP contribution < -0.4 is 0 Å². The van der Waals surface area contributed by atoms with Crippen molar-refractivity contribution in [3.8, 4) is 96.9 Å². The molecule has 0 saturated heterocycles. The summed E-state index contributed by atoms with van der Waals surface area (Å²) in [5.74, 6) is 2.85. The normalized spacial score (nSPS) is 11.7. The Labute approximate surface area is 455 Å². The smallest absolute Gasteiger partial charge is 0.307 e. The number of alkyl halides is 3. The van der Waals surface area contributed by atoms with Crippen LogP contribution >= 0.6 is 0 Å². The minimum atomic E-state index is -4.73. The van der Waals surface area contributed by atoms with Crippen molar-refractivity contribution in [1.82, 2.24) is 39.0 Å². The van der Waals surface area contributed by atoms with Crippen molar-refractivity contribution >= 4 is 43.6 Å². The molecule has 0 aliphatic rings. The summed E-state index contributed by atoms with van der Waals surface area (Å²) < 4.78 is 49.7. The van der Waals surface area contributed by atoms with Crippen molar-refractivity contribution in [2.45, 2.75) is 6.18 Å². The molecule has 0 amide bonds. The second-order valence-electron chi connectivity index (χ2n) is 19.3. The van der Waals surface area contributed by atoms with Crippen LogP contribution in [0.25, 0.3) is 134 Å². The molecule has 0 unspecified atom stereocenters. The summed E-state index contributed by atoms with van der Waals surface area (Å²) in [6, 6.07) is 78.3. The number of hydrogen-bond donors (Lipinski definition) is 0. The zero-order chi connectivity index (χ0) is 53.9. The van der Waals surface area contributed by atoms with E-state index in [1.54, 1.807) is 18.2 Å². The van der Waals surface area contributed by atoms with Gasteiger partial charge < -0.3 is 9.13 Å². The van der Waals surface area contributed by atoms with Gasteiger partial charge in [-0.15, -0.1) is 0 Å². The average Bonchev–Trinajstić information content (AvgIpc) is 4.00. The van der Waals surface area contributed by atoms with Crippen LogP contribution in [0.4, 0.5) is 13.2 Å². The number of fused-ring (bicyclic) bond motifs is 6. The quantitative estimate of drug-likeness (QED) is 0.142. The number of nitriles is 1. The summed E-state index contributed by atoms with van der Waals surface area (Å²) in [7, 11) is 0. The van der Waals surface area contributed by atoms with Crippen LogP contribution in [0.1, 0.15) is 11.1 Å². The van der Waals surface area contributed by atoms with E-state index in [4.69, 9.17) is 29.9 Å². The summed E-state index contributed by atoms with van der Waals surface area (Å²) in [5, 5.41) is 14.8. The summed E-state index contributed by atoms with van der Waals surface area (Å²) in [4.78, 5) is 30.2. The standard InChI is InChI=1S/C68H40F3N9/c69-68(70,71)55-30-16-13-27-49(55)54-40-61(80-57-32-18-15-29-51(57)53-36-34-47(38-59(53)80)67-77-64(44-23-9-3-10-24-44)74-65(78-67)45-25-11-4-12-26-45)60(39-48(54)41-72)79-56-31-17-14-28-50(56)52-35-33-46(37-58(52)79)66-75-62(42-19-5-1-6-20-42)73-63(76-66)43-21-7-2-8-22-43/h1-40H. The third-order valence-corrected chi connectivity index (χ3v) is 14.5. The van der Waals surface area contributed by atoms with Crippen molar-refractivity contribution in [2.24, 2.45) is 0 Å². The minimum absolute atomic E-state index is 0.0496. The van der Waals surface area contributed by atoms with Crippen molar-refractivity contribution in [3.63, 3.8) is 0 Å². The van der Waals surface area contributed by atoms with Crippen molar-refractivity contribution in [1.29, 1.82) is 5.26 Å². The first-order chi connectivity index (χ1) is 39.3. The first kappa shape index (κ1) is 47.5. The second kappa shape index (κ2) is 19.3. The molecule has 0 N–H and O–H groups in total. The van der Waals surface area contributed by atoms with E-state index >= 15 is 13.2 Å².